The number of cyclic esters (lactones) is 1. The van der Waals surface area contributed by atoms with Gasteiger partial charge < -0.3 is 10.1 Å². The number of ether oxygens (including phenoxy) is 1. The van der Waals surface area contributed by atoms with Crippen LogP contribution < -0.4 is 5.32 Å². The molecule has 1 atom stereocenters. The highest BCUT2D eigenvalue weighted by molar-refractivity contribution is 7.89. The van der Waals surface area contributed by atoms with E-state index in [4.69, 9.17) is 4.74 Å². The van der Waals surface area contributed by atoms with Crippen molar-refractivity contribution >= 4 is 27.6 Å². The van der Waals surface area contributed by atoms with Crippen molar-refractivity contribution in [1.29, 1.82) is 0 Å². The second kappa shape index (κ2) is 8.57. The Balaban J connectivity index is 1.57. The summed E-state index contributed by atoms with van der Waals surface area (Å²) >= 11 is 0. The van der Waals surface area contributed by atoms with E-state index in [1.165, 1.54) is 26.2 Å². The van der Waals surface area contributed by atoms with Crippen LogP contribution in [0, 0.1) is 0 Å². The molecule has 0 saturated heterocycles. The first kappa shape index (κ1) is 21.7. The molecular weight excluding hydrogens is 428 g/mol. The van der Waals surface area contributed by atoms with Crippen LogP contribution in [0.4, 0.5) is 5.69 Å². The molecule has 1 N–H and O–H groups in total. The van der Waals surface area contributed by atoms with Gasteiger partial charge in [-0.2, -0.15) is 0 Å². The maximum atomic E-state index is 12.8. The number of esters is 1. The zero-order valence-electron chi connectivity index (χ0n) is 17.6. The molecule has 3 aromatic rings. The van der Waals surface area contributed by atoms with E-state index in [-0.39, 0.29) is 4.90 Å². The maximum Gasteiger partial charge on any atom is 0.339 e. The summed E-state index contributed by atoms with van der Waals surface area (Å²) in [6, 6.07) is 20.3. The quantitative estimate of drug-likeness (QED) is 0.599. The molecule has 1 aliphatic rings. The van der Waals surface area contributed by atoms with Crippen molar-refractivity contribution in [3.05, 3.63) is 95.1 Å². The number of nitrogens with zero attached hydrogens (tertiary/aromatic N) is 1. The first-order chi connectivity index (χ1) is 15.3. The molecule has 0 spiro atoms. The number of sulfonamides is 1. The number of hydrogen-bond acceptors (Lipinski definition) is 5. The van der Waals surface area contributed by atoms with Gasteiger partial charge in [-0.3, -0.25) is 4.79 Å². The first-order valence-electron chi connectivity index (χ1n) is 9.98. The van der Waals surface area contributed by atoms with Crippen molar-refractivity contribution in [3.8, 4) is 0 Å². The normalized spacial score (nSPS) is 15.7. The molecule has 0 aromatic heterocycles. The van der Waals surface area contributed by atoms with Gasteiger partial charge in [0.15, 0.2) is 0 Å². The Bertz CT molecular complexity index is 1290. The fourth-order valence-electron chi connectivity index (χ4n) is 3.54. The van der Waals surface area contributed by atoms with Crippen LogP contribution in [0.1, 0.15) is 37.9 Å². The zero-order chi connectivity index (χ0) is 22.9. The summed E-state index contributed by atoms with van der Waals surface area (Å²) in [5.41, 5.74) is 2.78. The van der Waals surface area contributed by atoms with Crippen LogP contribution in [-0.2, 0) is 21.2 Å². The van der Waals surface area contributed by atoms with Crippen LogP contribution in [0.2, 0.25) is 0 Å². The van der Waals surface area contributed by atoms with Gasteiger partial charge in [0.25, 0.3) is 5.91 Å². The molecule has 1 amide bonds. The van der Waals surface area contributed by atoms with Gasteiger partial charge in [-0.1, -0.05) is 36.4 Å². The number of hydrogen-bond donors (Lipinski definition) is 1. The third-order valence-corrected chi connectivity index (χ3v) is 7.09. The minimum Gasteiger partial charge on any atom is -0.454 e. The minimum atomic E-state index is -3.62. The van der Waals surface area contributed by atoms with Gasteiger partial charge in [0.2, 0.25) is 10.0 Å². The third-order valence-electron chi connectivity index (χ3n) is 5.28. The highest BCUT2D eigenvalue weighted by Crippen LogP contribution is 2.31. The van der Waals surface area contributed by atoms with Crippen molar-refractivity contribution in [3.63, 3.8) is 0 Å². The van der Waals surface area contributed by atoms with Crippen LogP contribution in [0.25, 0.3) is 0 Å². The molecule has 7 nitrogen and oxygen atoms in total. The van der Waals surface area contributed by atoms with E-state index in [1.807, 2.05) is 30.3 Å². The molecule has 0 saturated carbocycles. The van der Waals surface area contributed by atoms with Gasteiger partial charge in [-0.05, 0) is 47.5 Å². The molecule has 8 heteroatoms. The summed E-state index contributed by atoms with van der Waals surface area (Å²) in [5.74, 6) is -0.823. The smallest absolute Gasteiger partial charge is 0.339 e. The molecule has 1 aliphatic heterocycles. The lowest BCUT2D eigenvalue weighted by molar-refractivity contribution is 0.0252. The van der Waals surface area contributed by atoms with Gasteiger partial charge in [0.1, 0.15) is 6.10 Å². The van der Waals surface area contributed by atoms with E-state index in [0.29, 0.717) is 23.2 Å². The van der Waals surface area contributed by atoms with Crippen molar-refractivity contribution in [2.45, 2.75) is 17.4 Å². The molecule has 0 radical (unpaired) electrons. The lowest BCUT2D eigenvalue weighted by Crippen LogP contribution is -2.23. The van der Waals surface area contributed by atoms with Crippen LogP contribution >= 0.6 is 0 Å². The summed E-state index contributed by atoms with van der Waals surface area (Å²) in [6.07, 6.45) is 0.0467. The lowest BCUT2D eigenvalue weighted by Gasteiger charge is -2.25. The summed E-state index contributed by atoms with van der Waals surface area (Å²) in [5, 5.41) is 2.73. The highest BCUT2D eigenvalue weighted by Gasteiger charge is 2.28. The van der Waals surface area contributed by atoms with E-state index in [1.54, 1.807) is 30.3 Å². The van der Waals surface area contributed by atoms with Crippen molar-refractivity contribution in [2.24, 2.45) is 0 Å². The molecule has 0 bridgehead atoms. The number of fused-ring (bicyclic) bond motifs is 1. The Morgan fingerprint density at radius 3 is 2.47 bits per heavy atom. The summed E-state index contributed by atoms with van der Waals surface area (Å²) in [7, 11) is -0.728. The van der Waals surface area contributed by atoms with Crippen molar-refractivity contribution in [2.75, 3.05) is 19.4 Å². The fourth-order valence-corrected chi connectivity index (χ4v) is 4.49. The van der Waals surface area contributed by atoms with Gasteiger partial charge in [-0.25, -0.2) is 17.5 Å². The van der Waals surface area contributed by atoms with Gasteiger partial charge >= 0.3 is 5.97 Å². The molecule has 1 heterocycles. The van der Waals surface area contributed by atoms with Crippen molar-refractivity contribution < 1.29 is 22.7 Å². The van der Waals surface area contributed by atoms with E-state index in [9.17, 15) is 18.0 Å². The number of carbonyl (C=O) groups excluding carboxylic acids is 2. The summed E-state index contributed by atoms with van der Waals surface area (Å²) in [4.78, 5) is 25.4. The van der Waals surface area contributed by atoms with Crippen LogP contribution in [0.5, 0.6) is 0 Å². The highest BCUT2D eigenvalue weighted by atomic mass is 32.2. The molecule has 32 heavy (non-hydrogen) atoms. The topological polar surface area (TPSA) is 92.8 Å². The molecule has 1 unspecified atom stereocenters. The molecule has 0 fully saturated rings. The van der Waals surface area contributed by atoms with E-state index < -0.39 is 28.0 Å². The summed E-state index contributed by atoms with van der Waals surface area (Å²) in [6.45, 7) is 0. The first-order valence-corrected chi connectivity index (χ1v) is 11.4. The van der Waals surface area contributed by atoms with Gasteiger partial charge in [0, 0.05) is 31.8 Å². The van der Waals surface area contributed by atoms with Crippen LogP contribution in [0.15, 0.2) is 77.7 Å². The molecular formula is C24H22N2O5S. The Morgan fingerprint density at radius 2 is 1.75 bits per heavy atom. The van der Waals surface area contributed by atoms with E-state index in [2.05, 4.69) is 5.32 Å². The Kier molecular flexibility index (Phi) is 5.82. The van der Waals surface area contributed by atoms with Crippen LogP contribution in [-0.4, -0.2) is 38.7 Å². The van der Waals surface area contributed by atoms with Gasteiger partial charge in [0.05, 0.1) is 10.5 Å². The summed E-state index contributed by atoms with van der Waals surface area (Å²) < 4.78 is 31.4. The fraction of sp³-hybridized carbons (Fsp3) is 0.167. The standard InChI is InChI=1S/C24H22N2O5S/c1-26(2)32(29,30)20-10-6-9-19(15-20)25-23(27)17-11-12-21-18(13-17)14-22(31-24(21)28)16-7-4-3-5-8-16/h3-13,15,22H,14H2,1-2H3,(H,25,27). The number of benzene rings is 3. The van der Waals surface area contributed by atoms with Crippen molar-refractivity contribution in [1.82, 2.24) is 4.31 Å². The minimum absolute atomic E-state index is 0.0826. The monoisotopic (exact) mass is 450 g/mol. The zero-order valence-corrected chi connectivity index (χ0v) is 18.4. The second-order valence-electron chi connectivity index (χ2n) is 7.65. The van der Waals surface area contributed by atoms with Crippen LogP contribution in [0.3, 0.4) is 0 Å². The van der Waals surface area contributed by atoms with E-state index in [0.717, 1.165) is 15.4 Å². The number of nitrogens with one attached hydrogen (secondary N) is 1. The number of anilines is 1. The SMILES string of the molecule is CN(C)S(=O)(=O)c1cccc(NC(=O)c2ccc3c(c2)CC(c2ccccc2)OC3=O)c1. The second-order valence-corrected chi connectivity index (χ2v) is 9.80. The average molecular weight is 451 g/mol. The number of carbonyl (C=O) groups is 2. The Labute approximate surface area is 186 Å². The predicted octanol–water partition coefficient (Wildman–Crippen LogP) is 3.64. The molecule has 4 rings (SSSR count). The number of amides is 1. The van der Waals surface area contributed by atoms with Gasteiger partial charge in [-0.15, -0.1) is 0 Å². The predicted molar refractivity (Wildman–Crippen MR) is 120 cm³/mol. The number of rotatable bonds is 5. The maximum absolute atomic E-state index is 12.8. The van der Waals surface area contributed by atoms with E-state index >= 15 is 0 Å². The molecule has 3 aromatic carbocycles. The lowest BCUT2D eigenvalue weighted by atomic mass is 9.93. The third kappa shape index (κ3) is 4.28. The molecule has 164 valence electrons. The Morgan fingerprint density at radius 1 is 1.00 bits per heavy atom. The molecule has 0 aliphatic carbocycles. The average Bonchev–Trinajstić information content (AvgIpc) is 2.79. The Hall–Kier alpha value is -3.49. The largest absolute Gasteiger partial charge is 0.454 e.